The van der Waals surface area contributed by atoms with Crippen molar-refractivity contribution in [1.29, 1.82) is 0 Å². The average molecular weight is 516 g/mol. The number of hydrogen-bond donors (Lipinski definition) is 1. The first-order chi connectivity index (χ1) is 18.2. The molecule has 3 heterocycles. The number of nitrogens with zero attached hydrogens (tertiary/aromatic N) is 6. The topological polar surface area (TPSA) is 92.2 Å². The zero-order valence-electron chi connectivity index (χ0n) is 23.2. The van der Waals surface area contributed by atoms with Gasteiger partial charge < -0.3 is 14.6 Å². The number of piperazine rings is 1. The Morgan fingerprint density at radius 1 is 1.08 bits per heavy atom. The van der Waals surface area contributed by atoms with Crippen molar-refractivity contribution in [2.45, 2.75) is 52.6 Å². The number of pyridine rings is 1. The Morgan fingerprint density at radius 3 is 2.55 bits per heavy atom. The van der Waals surface area contributed by atoms with Crippen molar-refractivity contribution in [3.63, 3.8) is 0 Å². The van der Waals surface area contributed by atoms with E-state index in [-0.39, 0.29) is 17.1 Å². The van der Waals surface area contributed by atoms with E-state index in [1.54, 1.807) is 7.11 Å². The molecule has 2 aromatic carbocycles. The number of aromatic amines is 1. The monoisotopic (exact) mass is 515 g/mol. The molecule has 1 fully saturated rings. The van der Waals surface area contributed by atoms with E-state index < -0.39 is 0 Å². The molecule has 0 radical (unpaired) electrons. The van der Waals surface area contributed by atoms with Gasteiger partial charge in [-0.2, -0.15) is 0 Å². The number of fused-ring (bicyclic) bond motifs is 1. The van der Waals surface area contributed by atoms with Crippen LogP contribution in [0.15, 0.2) is 47.3 Å². The van der Waals surface area contributed by atoms with Crippen molar-refractivity contribution < 1.29 is 4.74 Å². The van der Waals surface area contributed by atoms with E-state index in [1.807, 2.05) is 28.9 Å². The summed E-state index contributed by atoms with van der Waals surface area (Å²) in [5.74, 6) is 1.39. The van der Waals surface area contributed by atoms with Crippen LogP contribution in [0.4, 0.5) is 5.69 Å². The van der Waals surface area contributed by atoms with Crippen LogP contribution in [0.5, 0.6) is 5.75 Å². The Hall–Kier alpha value is -3.72. The van der Waals surface area contributed by atoms with Gasteiger partial charge in [-0.25, -0.2) is 4.68 Å². The molecule has 4 aromatic rings. The van der Waals surface area contributed by atoms with Crippen LogP contribution in [0, 0.1) is 13.8 Å². The normalized spacial score (nSPS) is 15.7. The molecule has 200 valence electrons. The van der Waals surface area contributed by atoms with E-state index in [9.17, 15) is 4.79 Å². The molecule has 0 saturated carbocycles. The SMILES string of the molecule is CCC(C)(C)n1nnnc1C(c1cc2ccc(OC)cc2[nH]c1=O)N1CCN(c2cccc(C)c2C)CC1. The summed E-state index contributed by atoms with van der Waals surface area (Å²) in [6, 6.07) is 13.8. The quantitative estimate of drug-likeness (QED) is 0.394. The number of rotatable bonds is 7. The molecule has 5 rings (SSSR count). The standard InChI is InChI=1S/C29H37N7O2/c1-7-29(4,5)36-27(31-32-33-36)26(23-17-21-11-12-22(38-6)18-24(21)30-28(23)37)35-15-13-34(14-16-35)25-10-8-9-19(2)20(25)3/h8-12,17-18,26H,7,13-16H2,1-6H3,(H,30,37). The van der Waals surface area contributed by atoms with E-state index in [0.29, 0.717) is 17.1 Å². The summed E-state index contributed by atoms with van der Waals surface area (Å²) >= 11 is 0. The van der Waals surface area contributed by atoms with E-state index in [1.165, 1.54) is 16.8 Å². The number of hydrogen-bond acceptors (Lipinski definition) is 7. The Bertz CT molecular complexity index is 1500. The van der Waals surface area contributed by atoms with Gasteiger partial charge in [0, 0.05) is 43.5 Å². The number of anilines is 1. The first-order valence-electron chi connectivity index (χ1n) is 13.3. The van der Waals surface area contributed by atoms with E-state index in [2.05, 4.69) is 83.1 Å². The number of aryl methyl sites for hydroxylation is 1. The van der Waals surface area contributed by atoms with Crippen LogP contribution in [0.25, 0.3) is 10.9 Å². The smallest absolute Gasteiger partial charge is 0.253 e. The van der Waals surface area contributed by atoms with Crippen LogP contribution in [-0.2, 0) is 5.54 Å². The second-order valence-electron chi connectivity index (χ2n) is 10.8. The van der Waals surface area contributed by atoms with Gasteiger partial charge in [-0.1, -0.05) is 19.1 Å². The van der Waals surface area contributed by atoms with Crippen LogP contribution in [0.2, 0.25) is 0 Å². The number of nitrogens with one attached hydrogen (secondary N) is 1. The molecule has 2 aromatic heterocycles. The Balaban J connectivity index is 1.56. The Labute approximate surface area is 223 Å². The molecule has 38 heavy (non-hydrogen) atoms. The maximum Gasteiger partial charge on any atom is 0.253 e. The van der Waals surface area contributed by atoms with Gasteiger partial charge in [0.15, 0.2) is 5.82 Å². The molecule has 1 atom stereocenters. The highest BCUT2D eigenvalue weighted by Gasteiger charge is 2.36. The molecule has 0 bridgehead atoms. The van der Waals surface area contributed by atoms with E-state index >= 15 is 0 Å². The number of tetrazole rings is 1. The summed E-state index contributed by atoms with van der Waals surface area (Å²) in [5, 5.41) is 13.9. The minimum Gasteiger partial charge on any atom is -0.497 e. The Kier molecular flexibility index (Phi) is 6.96. The number of H-pyrrole nitrogens is 1. The molecule has 0 amide bonds. The highest BCUT2D eigenvalue weighted by atomic mass is 16.5. The summed E-state index contributed by atoms with van der Waals surface area (Å²) in [4.78, 5) is 21.5. The van der Waals surface area contributed by atoms with Gasteiger partial charge in [0.1, 0.15) is 11.8 Å². The van der Waals surface area contributed by atoms with Crippen LogP contribution in [0.3, 0.4) is 0 Å². The van der Waals surface area contributed by atoms with Crippen molar-refractivity contribution in [2.24, 2.45) is 0 Å². The number of methoxy groups -OCH3 is 1. The van der Waals surface area contributed by atoms with Crippen molar-refractivity contribution in [2.75, 3.05) is 38.2 Å². The lowest BCUT2D eigenvalue weighted by molar-refractivity contribution is 0.186. The van der Waals surface area contributed by atoms with Gasteiger partial charge in [0.25, 0.3) is 5.56 Å². The maximum absolute atomic E-state index is 13.6. The van der Waals surface area contributed by atoms with Crippen LogP contribution in [0.1, 0.15) is 55.7 Å². The first-order valence-corrected chi connectivity index (χ1v) is 13.3. The van der Waals surface area contributed by atoms with Crippen molar-refractivity contribution >= 4 is 16.6 Å². The highest BCUT2D eigenvalue weighted by molar-refractivity contribution is 5.80. The molecule has 1 N–H and O–H groups in total. The first kappa shape index (κ1) is 25.9. The number of aromatic nitrogens is 5. The van der Waals surface area contributed by atoms with Crippen molar-refractivity contribution in [1.82, 2.24) is 30.1 Å². The van der Waals surface area contributed by atoms with Crippen LogP contribution >= 0.6 is 0 Å². The summed E-state index contributed by atoms with van der Waals surface area (Å²) in [7, 11) is 1.62. The minimum absolute atomic E-state index is 0.142. The second-order valence-corrected chi connectivity index (χ2v) is 10.8. The van der Waals surface area contributed by atoms with Gasteiger partial charge in [-0.3, -0.25) is 9.69 Å². The van der Waals surface area contributed by atoms with Crippen LogP contribution < -0.4 is 15.2 Å². The third-order valence-corrected chi connectivity index (χ3v) is 8.15. The Morgan fingerprint density at radius 2 is 1.84 bits per heavy atom. The third-order valence-electron chi connectivity index (χ3n) is 8.15. The fourth-order valence-electron chi connectivity index (χ4n) is 5.27. The molecule has 0 spiro atoms. The van der Waals surface area contributed by atoms with E-state index in [0.717, 1.165) is 43.5 Å². The third kappa shape index (κ3) is 4.67. The molecule has 1 aliphatic rings. The van der Waals surface area contributed by atoms with Crippen molar-refractivity contribution in [3.8, 4) is 5.75 Å². The predicted molar refractivity (Wildman–Crippen MR) is 150 cm³/mol. The van der Waals surface area contributed by atoms with Gasteiger partial charge >= 0.3 is 0 Å². The number of benzene rings is 2. The molecule has 1 aliphatic heterocycles. The predicted octanol–water partition coefficient (Wildman–Crippen LogP) is 4.20. The molecule has 1 unspecified atom stereocenters. The fraction of sp³-hybridized carbons (Fsp3) is 0.448. The highest BCUT2D eigenvalue weighted by Crippen LogP contribution is 2.33. The average Bonchev–Trinajstić information content (AvgIpc) is 3.41. The maximum atomic E-state index is 13.6. The molecule has 9 heteroatoms. The van der Waals surface area contributed by atoms with E-state index in [4.69, 9.17) is 4.74 Å². The molecule has 9 nitrogen and oxygen atoms in total. The summed E-state index contributed by atoms with van der Waals surface area (Å²) < 4.78 is 7.25. The number of ether oxygens (including phenoxy) is 1. The largest absolute Gasteiger partial charge is 0.497 e. The minimum atomic E-state index is -0.383. The molecule has 1 saturated heterocycles. The van der Waals surface area contributed by atoms with Gasteiger partial charge in [-0.05, 0) is 85.3 Å². The zero-order chi connectivity index (χ0) is 27.0. The van der Waals surface area contributed by atoms with Gasteiger partial charge in [-0.15, -0.1) is 5.10 Å². The summed E-state index contributed by atoms with van der Waals surface area (Å²) in [5.41, 5.74) is 4.83. The second kappa shape index (κ2) is 10.2. The molecular weight excluding hydrogens is 478 g/mol. The summed E-state index contributed by atoms with van der Waals surface area (Å²) in [6.45, 7) is 14.0. The van der Waals surface area contributed by atoms with Crippen molar-refractivity contribution in [3.05, 3.63) is 75.3 Å². The lowest BCUT2D eigenvalue weighted by Crippen LogP contribution is -2.49. The molecule has 0 aliphatic carbocycles. The lowest BCUT2D eigenvalue weighted by Gasteiger charge is -2.40. The molecular formula is C29H37N7O2. The summed E-state index contributed by atoms with van der Waals surface area (Å²) in [6.07, 6.45) is 0.853. The lowest BCUT2D eigenvalue weighted by atomic mass is 9.98. The zero-order valence-corrected chi connectivity index (χ0v) is 23.2. The fourth-order valence-corrected chi connectivity index (χ4v) is 5.27. The van der Waals surface area contributed by atoms with Crippen LogP contribution in [-0.4, -0.2) is 63.4 Å². The van der Waals surface area contributed by atoms with Gasteiger partial charge in [0.2, 0.25) is 0 Å². The van der Waals surface area contributed by atoms with Gasteiger partial charge in [0.05, 0.1) is 18.2 Å².